The first kappa shape index (κ1) is 16.3. The minimum atomic E-state index is -0.474. The summed E-state index contributed by atoms with van der Waals surface area (Å²) < 4.78 is 10.8. The highest BCUT2D eigenvalue weighted by Crippen LogP contribution is 2.26. The van der Waals surface area contributed by atoms with E-state index in [2.05, 4.69) is 10.1 Å². The fraction of sp³-hybridized carbons (Fsp3) is 0.0500. The zero-order valence-electron chi connectivity index (χ0n) is 13.6. The predicted molar refractivity (Wildman–Crippen MR) is 97.5 cm³/mol. The fourth-order valence-corrected chi connectivity index (χ4v) is 2.73. The van der Waals surface area contributed by atoms with Crippen LogP contribution in [0, 0.1) is 0 Å². The van der Waals surface area contributed by atoms with Crippen molar-refractivity contribution in [1.82, 2.24) is 10.1 Å². The maximum Gasteiger partial charge on any atom is 0.345 e. The van der Waals surface area contributed by atoms with Crippen molar-refractivity contribution >= 4 is 28.5 Å². The van der Waals surface area contributed by atoms with E-state index in [-0.39, 0.29) is 0 Å². The standard InChI is InChI=1S/C20H13ClN2O3/c21-15-5-3-13(4-6-15)10-18-17-8-7-16(11-19(17)26-23-18)25-20(24)14-2-1-9-22-12-14/h1-9,11-12H,10H2. The molecule has 6 heteroatoms. The lowest BCUT2D eigenvalue weighted by Crippen LogP contribution is -2.08. The van der Waals surface area contributed by atoms with Crippen LogP contribution >= 0.6 is 11.6 Å². The van der Waals surface area contributed by atoms with Crippen LogP contribution in [-0.4, -0.2) is 16.1 Å². The summed E-state index contributed by atoms with van der Waals surface area (Å²) in [6, 6.07) is 16.1. The summed E-state index contributed by atoms with van der Waals surface area (Å²) in [4.78, 5) is 16.0. The van der Waals surface area contributed by atoms with Gasteiger partial charge in [-0.3, -0.25) is 4.98 Å². The summed E-state index contributed by atoms with van der Waals surface area (Å²) in [5, 5.41) is 5.70. The molecule has 0 radical (unpaired) electrons. The smallest absolute Gasteiger partial charge is 0.345 e. The Hall–Kier alpha value is -3.18. The van der Waals surface area contributed by atoms with Crippen LogP contribution in [0.5, 0.6) is 5.75 Å². The molecule has 0 bridgehead atoms. The number of ether oxygens (including phenoxy) is 1. The first-order valence-corrected chi connectivity index (χ1v) is 8.32. The van der Waals surface area contributed by atoms with Gasteiger partial charge in [0, 0.05) is 35.3 Å². The molecule has 4 rings (SSSR count). The van der Waals surface area contributed by atoms with E-state index in [4.69, 9.17) is 20.9 Å². The Labute approximate surface area is 154 Å². The number of hydrogen-bond acceptors (Lipinski definition) is 5. The van der Waals surface area contributed by atoms with Gasteiger partial charge in [-0.15, -0.1) is 0 Å². The molecule has 0 atom stereocenters. The van der Waals surface area contributed by atoms with Gasteiger partial charge in [-0.25, -0.2) is 4.79 Å². The molecule has 0 N–H and O–H groups in total. The molecule has 0 amide bonds. The Morgan fingerprint density at radius 3 is 2.73 bits per heavy atom. The normalized spacial score (nSPS) is 10.8. The van der Waals surface area contributed by atoms with Crippen LogP contribution in [-0.2, 0) is 6.42 Å². The van der Waals surface area contributed by atoms with E-state index in [0.717, 1.165) is 16.6 Å². The number of aromatic nitrogens is 2. The molecule has 0 saturated carbocycles. The minimum Gasteiger partial charge on any atom is -0.423 e. The van der Waals surface area contributed by atoms with Gasteiger partial charge in [0.1, 0.15) is 5.75 Å². The van der Waals surface area contributed by atoms with Gasteiger partial charge >= 0.3 is 5.97 Å². The fourth-order valence-electron chi connectivity index (χ4n) is 2.61. The van der Waals surface area contributed by atoms with E-state index in [9.17, 15) is 4.79 Å². The summed E-state index contributed by atoms with van der Waals surface area (Å²) in [6.45, 7) is 0. The number of rotatable bonds is 4. The second kappa shape index (κ2) is 6.98. The van der Waals surface area contributed by atoms with Gasteiger partial charge in [0.25, 0.3) is 0 Å². The Balaban J connectivity index is 1.55. The molecule has 2 aromatic carbocycles. The molecular weight excluding hydrogens is 352 g/mol. The van der Waals surface area contributed by atoms with Gasteiger partial charge in [0.2, 0.25) is 0 Å². The number of halogens is 1. The molecule has 5 nitrogen and oxygen atoms in total. The SMILES string of the molecule is O=C(Oc1ccc2c(Cc3ccc(Cl)cc3)noc2c1)c1cccnc1. The predicted octanol–water partition coefficient (Wildman–Crippen LogP) is 4.69. The number of carbonyl (C=O) groups excluding carboxylic acids is 1. The third-order valence-corrected chi connectivity index (χ3v) is 4.16. The lowest BCUT2D eigenvalue weighted by atomic mass is 10.1. The summed E-state index contributed by atoms with van der Waals surface area (Å²) in [5.74, 6) is -0.0844. The molecule has 2 heterocycles. The molecule has 0 spiro atoms. The second-order valence-electron chi connectivity index (χ2n) is 5.72. The van der Waals surface area contributed by atoms with Crippen molar-refractivity contribution in [2.75, 3.05) is 0 Å². The zero-order chi connectivity index (χ0) is 17.9. The topological polar surface area (TPSA) is 65.2 Å². The number of benzene rings is 2. The maximum atomic E-state index is 12.1. The van der Waals surface area contributed by atoms with Crippen molar-refractivity contribution in [3.05, 3.63) is 88.8 Å². The number of hydrogen-bond donors (Lipinski definition) is 0. The second-order valence-corrected chi connectivity index (χ2v) is 6.16. The van der Waals surface area contributed by atoms with Crippen molar-refractivity contribution in [2.24, 2.45) is 0 Å². The van der Waals surface area contributed by atoms with E-state index in [0.29, 0.717) is 28.3 Å². The molecule has 0 fully saturated rings. The molecule has 0 aliphatic carbocycles. The summed E-state index contributed by atoms with van der Waals surface area (Å²) in [6.07, 6.45) is 3.68. The third-order valence-electron chi connectivity index (χ3n) is 3.91. The maximum absolute atomic E-state index is 12.1. The van der Waals surface area contributed by atoms with Crippen LogP contribution in [0.15, 0.2) is 71.5 Å². The van der Waals surface area contributed by atoms with Gasteiger partial charge in [-0.2, -0.15) is 0 Å². The number of fused-ring (bicyclic) bond motifs is 1. The molecule has 0 saturated heterocycles. The van der Waals surface area contributed by atoms with Gasteiger partial charge in [0.05, 0.1) is 11.3 Å². The Morgan fingerprint density at radius 1 is 1.12 bits per heavy atom. The summed E-state index contributed by atoms with van der Waals surface area (Å²) >= 11 is 5.91. The van der Waals surface area contributed by atoms with Crippen molar-refractivity contribution < 1.29 is 14.1 Å². The molecule has 2 aromatic heterocycles. The largest absolute Gasteiger partial charge is 0.423 e. The van der Waals surface area contributed by atoms with E-state index >= 15 is 0 Å². The van der Waals surface area contributed by atoms with Gasteiger partial charge < -0.3 is 9.26 Å². The molecular formula is C20H13ClN2O3. The van der Waals surface area contributed by atoms with Crippen molar-refractivity contribution in [2.45, 2.75) is 6.42 Å². The lowest BCUT2D eigenvalue weighted by molar-refractivity contribution is 0.0734. The Morgan fingerprint density at radius 2 is 1.96 bits per heavy atom. The molecule has 128 valence electrons. The molecule has 26 heavy (non-hydrogen) atoms. The van der Waals surface area contributed by atoms with Crippen LogP contribution < -0.4 is 4.74 Å². The number of pyridine rings is 1. The van der Waals surface area contributed by atoms with E-state index < -0.39 is 5.97 Å². The van der Waals surface area contributed by atoms with Crippen LogP contribution in [0.3, 0.4) is 0 Å². The third kappa shape index (κ3) is 3.43. The van der Waals surface area contributed by atoms with Crippen molar-refractivity contribution in [1.29, 1.82) is 0 Å². The summed E-state index contributed by atoms with van der Waals surface area (Å²) in [7, 11) is 0. The molecule has 0 unspecified atom stereocenters. The average Bonchev–Trinajstić information content (AvgIpc) is 3.06. The summed E-state index contributed by atoms with van der Waals surface area (Å²) in [5.41, 5.74) is 2.84. The van der Waals surface area contributed by atoms with Gasteiger partial charge in [-0.1, -0.05) is 28.9 Å². The van der Waals surface area contributed by atoms with E-state index in [1.807, 2.05) is 30.3 Å². The van der Waals surface area contributed by atoms with Gasteiger partial charge in [-0.05, 0) is 42.0 Å². The van der Waals surface area contributed by atoms with Crippen molar-refractivity contribution in [3.63, 3.8) is 0 Å². The monoisotopic (exact) mass is 364 g/mol. The molecule has 0 aliphatic heterocycles. The average molecular weight is 365 g/mol. The van der Waals surface area contributed by atoms with Crippen LogP contribution in [0.4, 0.5) is 0 Å². The highest BCUT2D eigenvalue weighted by atomic mass is 35.5. The molecule has 4 aromatic rings. The lowest BCUT2D eigenvalue weighted by Gasteiger charge is -2.03. The Kier molecular flexibility index (Phi) is 4.37. The van der Waals surface area contributed by atoms with E-state index in [1.54, 1.807) is 30.5 Å². The zero-order valence-corrected chi connectivity index (χ0v) is 14.3. The van der Waals surface area contributed by atoms with Crippen molar-refractivity contribution in [3.8, 4) is 5.75 Å². The van der Waals surface area contributed by atoms with Crippen LogP contribution in [0.1, 0.15) is 21.6 Å². The van der Waals surface area contributed by atoms with Crippen LogP contribution in [0.2, 0.25) is 5.02 Å². The Bertz CT molecular complexity index is 1060. The quantitative estimate of drug-likeness (QED) is 0.388. The van der Waals surface area contributed by atoms with Crippen LogP contribution in [0.25, 0.3) is 11.0 Å². The number of carbonyl (C=O) groups is 1. The first-order valence-electron chi connectivity index (χ1n) is 7.94. The minimum absolute atomic E-state index is 0.383. The molecule has 0 aliphatic rings. The van der Waals surface area contributed by atoms with E-state index in [1.165, 1.54) is 6.20 Å². The number of esters is 1. The van der Waals surface area contributed by atoms with Gasteiger partial charge in [0.15, 0.2) is 5.58 Å². The highest BCUT2D eigenvalue weighted by molar-refractivity contribution is 6.30. The first-order chi connectivity index (χ1) is 12.7. The highest BCUT2D eigenvalue weighted by Gasteiger charge is 2.13. The number of nitrogens with zero attached hydrogens (tertiary/aromatic N) is 2.